The van der Waals surface area contributed by atoms with E-state index < -0.39 is 0 Å². The number of hydrogen-bond acceptors (Lipinski definition) is 6. The SMILES string of the molecule is CCC1CN(c2ncc(-n3cccn3)cc2Cl)CCN1C1CCN(Cc2ccc(O)cc2)CC1. The van der Waals surface area contributed by atoms with Crippen molar-refractivity contribution in [1.29, 1.82) is 0 Å². The Morgan fingerprint density at radius 1 is 1.09 bits per heavy atom. The third-order valence-corrected chi connectivity index (χ3v) is 7.52. The van der Waals surface area contributed by atoms with Crippen LogP contribution in [0.4, 0.5) is 5.82 Å². The van der Waals surface area contributed by atoms with Crippen molar-refractivity contribution in [3.63, 3.8) is 0 Å². The summed E-state index contributed by atoms with van der Waals surface area (Å²) < 4.78 is 1.78. The smallest absolute Gasteiger partial charge is 0.147 e. The number of hydrogen-bond donors (Lipinski definition) is 1. The highest BCUT2D eigenvalue weighted by Gasteiger charge is 2.34. The number of halogens is 1. The minimum Gasteiger partial charge on any atom is -0.508 e. The molecule has 3 aromatic rings. The highest BCUT2D eigenvalue weighted by Crippen LogP contribution is 2.30. The number of phenolic OH excluding ortho intramolecular Hbond substituents is 1. The van der Waals surface area contributed by atoms with Gasteiger partial charge in [0.2, 0.25) is 0 Å². The van der Waals surface area contributed by atoms with Gasteiger partial charge in [-0.15, -0.1) is 0 Å². The second kappa shape index (κ2) is 10.3. The normalized spacial score (nSPS) is 20.6. The average Bonchev–Trinajstić information content (AvgIpc) is 3.41. The van der Waals surface area contributed by atoms with Gasteiger partial charge >= 0.3 is 0 Å². The van der Waals surface area contributed by atoms with Crippen molar-refractivity contribution in [2.45, 2.75) is 44.8 Å². The Balaban J connectivity index is 1.18. The molecule has 2 aliphatic heterocycles. The number of piperidine rings is 1. The van der Waals surface area contributed by atoms with Crippen molar-refractivity contribution < 1.29 is 5.11 Å². The topological polar surface area (TPSA) is 60.7 Å². The zero-order valence-corrected chi connectivity index (χ0v) is 20.5. The van der Waals surface area contributed by atoms with E-state index in [1.807, 2.05) is 36.7 Å². The van der Waals surface area contributed by atoms with Crippen LogP contribution in [0.1, 0.15) is 31.7 Å². The van der Waals surface area contributed by atoms with E-state index in [0.717, 1.165) is 57.2 Å². The van der Waals surface area contributed by atoms with E-state index in [4.69, 9.17) is 16.6 Å². The fourth-order valence-corrected chi connectivity index (χ4v) is 5.65. The van der Waals surface area contributed by atoms with Gasteiger partial charge < -0.3 is 10.0 Å². The Morgan fingerprint density at radius 3 is 2.56 bits per heavy atom. The summed E-state index contributed by atoms with van der Waals surface area (Å²) in [6.07, 6.45) is 9.02. The number of piperazine rings is 1. The standard InChI is InChI=1S/C26H33ClN6O/c1-2-21-19-31(26-25(27)16-23(17-28-26)33-11-3-10-29-33)14-15-32(21)22-8-12-30(13-9-22)18-20-4-6-24(34)7-5-20/h3-7,10-11,16-17,21-22,34H,2,8-9,12-15,18-19H2,1H3. The molecule has 180 valence electrons. The number of pyridine rings is 1. The van der Waals surface area contributed by atoms with Crippen molar-refractivity contribution in [1.82, 2.24) is 24.6 Å². The van der Waals surface area contributed by atoms with Gasteiger partial charge in [-0.1, -0.05) is 30.7 Å². The summed E-state index contributed by atoms with van der Waals surface area (Å²) in [5.41, 5.74) is 2.14. The van der Waals surface area contributed by atoms with Crippen LogP contribution in [0.25, 0.3) is 5.69 Å². The van der Waals surface area contributed by atoms with Gasteiger partial charge in [-0.05, 0) is 62.2 Å². The minimum atomic E-state index is 0.331. The van der Waals surface area contributed by atoms with Crippen LogP contribution < -0.4 is 4.90 Å². The summed E-state index contributed by atoms with van der Waals surface area (Å²) in [6, 6.07) is 12.6. The number of nitrogens with zero attached hydrogens (tertiary/aromatic N) is 6. The molecule has 1 unspecified atom stereocenters. The number of aromatic hydroxyl groups is 1. The molecule has 2 aliphatic rings. The first-order valence-corrected chi connectivity index (χ1v) is 12.6. The van der Waals surface area contributed by atoms with Crippen LogP contribution in [-0.2, 0) is 6.54 Å². The molecule has 0 amide bonds. The van der Waals surface area contributed by atoms with Gasteiger partial charge in [0, 0.05) is 50.7 Å². The third kappa shape index (κ3) is 5.06. The van der Waals surface area contributed by atoms with Crippen LogP contribution in [0.3, 0.4) is 0 Å². The lowest BCUT2D eigenvalue weighted by Crippen LogP contribution is -2.58. The highest BCUT2D eigenvalue weighted by molar-refractivity contribution is 6.33. The number of benzene rings is 1. The van der Waals surface area contributed by atoms with Crippen molar-refractivity contribution in [2.75, 3.05) is 37.6 Å². The van der Waals surface area contributed by atoms with Crippen LogP contribution in [-0.4, -0.2) is 74.5 Å². The summed E-state index contributed by atoms with van der Waals surface area (Å²) >= 11 is 6.67. The quantitative estimate of drug-likeness (QED) is 0.570. The molecule has 8 heteroatoms. The Labute approximate surface area is 206 Å². The molecule has 0 saturated carbocycles. The molecule has 0 spiro atoms. The monoisotopic (exact) mass is 480 g/mol. The lowest BCUT2D eigenvalue weighted by Gasteiger charge is -2.47. The van der Waals surface area contributed by atoms with Crippen LogP contribution in [0, 0.1) is 0 Å². The summed E-state index contributed by atoms with van der Waals surface area (Å²) in [4.78, 5) is 12.3. The van der Waals surface area contributed by atoms with Crippen molar-refractivity contribution in [2.24, 2.45) is 0 Å². The Bertz CT molecular complexity index is 1070. The van der Waals surface area contributed by atoms with Crippen LogP contribution in [0.2, 0.25) is 5.02 Å². The molecule has 0 bridgehead atoms. The summed E-state index contributed by atoms with van der Waals surface area (Å²) in [7, 11) is 0. The van der Waals surface area contributed by atoms with E-state index in [0.29, 0.717) is 22.9 Å². The van der Waals surface area contributed by atoms with E-state index in [9.17, 15) is 5.11 Å². The molecule has 0 radical (unpaired) electrons. The second-order valence-electron chi connectivity index (χ2n) is 9.37. The minimum absolute atomic E-state index is 0.331. The number of anilines is 1. The first kappa shape index (κ1) is 23.1. The van der Waals surface area contributed by atoms with Gasteiger partial charge in [0.1, 0.15) is 11.6 Å². The van der Waals surface area contributed by atoms with E-state index in [1.54, 1.807) is 23.0 Å². The first-order chi connectivity index (χ1) is 16.6. The number of aromatic nitrogens is 3. The summed E-state index contributed by atoms with van der Waals surface area (Å²) in [5, 5.41) is 14.5. The maximum absolute atomic E-state index is 9.51. The molecule has 1 atom stereocenters. The predicted molar refractivity (Wildman–Crippen MR) is 136 cm³/mol. The van der Waals surface area contributed by atoms with E-state index in [1.165, 1.54) is 18.4 Å². The molecule has 7 nitrogen and oxygen atoms in total. The number of likely N-dealkylation sites (tertiary alicyclic amines) is 1. The fraction of sp³-hybridized carbons (Fsp3) is 0.462. The zero-order valence-electron chi connectivity index (χ0n) is 19.7. The van der Waals surface area contributed by atoms with Gasteiger partial charge in [-0.3, -0.25) is 9.80 Å². The number of rotatable bonds is 6. The molecule has 5 rings (SSSR count). The fourth-order valence-electron chi connectivity index (χ4n) is 5.37. The Hall–Kier alpha value is -2.61. The molecule has 1 N–H and O–H groups in total. The second-order valence-corrected chi connectivity index (χ2v) is 9.78. The van der Waals surface area contributed by atoms with Crippen LogP contribution in [0.15, 0.2) is 55.0 Å². The molecule has 0 aliphatic carbocycles. The van der Waals surface area contributed by atoms with E-state index in [2.05, 4.69) is 26.7 Å². The summed E-state index contributed by atoms with van der Waals surface area (Å²) in [5.74, 6) is 1.21. The van der Waals surface area contributed by atoms with E-state index in [-0.39, 0.29) is 0 Å². The average molecular weight is 481 g/mol. The molecular formula is C26H33ClN6O. The maximum Gasteiger partial charge on any atom is 0.147 e. The lowest BCUT2D eigenvalue weighted by molar-refractivity contribution is 0.0610. The van der Waals surface area contributed by atoms with Gasteiger partial charge in [0.25, 0.3) is 0 Å². The molecule has 2 saturated heterocycles. The van der Waals surface area contributed by atoms with E-state index >= 15 is 0 Å². The van der Waals surface area contributed by atoms with Gasteiger partial charge in [0.05, 0.1) is 16.9 Å². The predicted octanol–water partition coefficient (Wildman–Crippen LogP) is 4.19. The largest absolute Gasteiger partial charge is 0.508 e. The molecule has 1 aromatic carbocycles. The van der Waals surface area contributed by atoms with Gasteiger partial charge in [-0.2, -0.15) is 5.10 Å². The van der Waals surface area contributed by atoms with Crippen LogP contribution >= 0.6 is 11.6 Å². The van der Waals surface area contributed by atoms with Gasteiger partial charge in [-0.25, -0.2) is 9.67 Å². The molecule has 34 heavy (non-hydrogen) atoms. The Kier molecular flexibility index (Phi) is 7.04. The number of phenols is 1. The van der Waals surface area contributed by atoms with Crippen molar-refractivity contribution in [3.05, 3.63) is 65.6 Å². The van der Waals surface area contributed by atoms with Crippen molar-refractivity contribution in [3.8, 4) is 11.4 Å². The highest BCUT2D eigenvalue weighted by atomic mass is 35.5. The lowest BCUT2D eigenvalue weighted by atomic mass is 9.98. The maximum atomic E-state index is 9.51. The van der Waals surface area contributed by atoms with Crippen molar-refractivity contribution >= 4 is 17.4 Å². The molecule has 4 heterocycles. The summed E-state index contributed by atoms with van der Waals surface area (Å²) in [6.45, 7) is 8.42. The third-order valence-electron chi connectivity index (χ3n) is 7.24. The van der Waals surface area contributed by atoms with Gasteiger partial charge in [0.15, 0.2) is 0 Å². The molecular weight excluding hydrogens is 448 g/mol. The zero-order chi connectivity index (χ0) is 23.5. The molecule has 2 aromatic heterocycles. The first-order valence-electron chi connectivity index (χ1n) is 12.3. The van der Waals surface area contributed by atoms with Crippen LogP contribution in [0.5, 0.6) is 5.75 Å². The molecule has 2 fully saturated rings. The Morgan fingerprint density at radius 2 is 1.88 bits per heavy atom.